The van der Waals surface area contributed by atoms with Gasteiger partial charge in [-0.05, 0) is 41.8 Å². The molecule has 140 valence electrons. The molecule has 0 amide bonds. The molecule has 0 spiro atoms. The highest BCUT2D eigenvalue weighted by Gasteiger charge is 2.39. The maximum atomic E-state index is 11.8. The number of halogens is 2. The van der Waals surface area contributed by atoms with Crippen LogP contribution < -0.4 is 0 Å². The van der Waals surface area contributed by atoms with Crippen molar-refractivity contribution >= 4 is 23.2 Å². The van der Waals surface area contributed by atoms with Gasteiger partial charge in [-0.3, -0.25) is 4.90 Å². The van der Waals surface area contributed by atoms with Crippen LogP contribution in [0.5, 0.6) is 0 Å². The minimum absolute atomic E-state index is 0.0796. The van der Waals surface area contributed by atoms with E-state index in [4.69, 9.17) is 27.9 Å². The number of benzene rings is 2. The molecule has 0 aromatic heterocycles. The van der Waals surface area contributed by atoms with E-state index in [0.29, 0.717) is 16.5 Å². The Balaban J connectivity index is 1.98. The largest absolute Gasteiger partial charge is 0.384 e. The molecule has 0 saturated carbocycles. The van der Waals surface area contributed by atoms with Gasteiger partial charge >= 0.3 is 0 Å². The fourth-order valence-corrected chi connectivity index (χ4v) is 3.91. The summed E-state index contributed by atoms with van der Waals surface area (Å²) in [4.78, 5) is 2.36. The van der Waals surface area contributed by atoms with Crippen LogP contribution in [-0.4, -0.2) is 42.9 Å². The smallest absolute Gasteiger partial charge is 0.0974 e. The first-order valence-corrected chi connectivity index (χ1v) is 9.82. The molecule has 1 aliphatic heterocycles. The fourth-order valence-electron chi connectivity index (χ4n) is 3.66. The summed E-state index contributed by atoms with van der Waals surface area (Å²) in [6, 6.07) is 15.3. The van der Waals surface area contributed by atoms with Crippen molar-refractivity contribution in [1.29, 1.82) is 0 Å². The van der Waals surface area contributed by atoms with E-state index in [1.807, 2.05) is 55.5 Å². The molecule has 2 aromatic rings. The van der Waals surface area contributed by atoms with Gasteiger partial charge in [-0.15, -0.1) is 0 Å². The zero-order valence-electron chi connectivity index (χ0n) is 15.0. The number of hydrogen-bond acceptors (Lipinski definition) is 3. The molecule has 0 radical (unpaired) electrons. The maximum Gasteiger partial charge on any atom is 0.0974 e. The number of aliphatic hydroxyl groups is 1. The molecular weight excluding hydrogens is 369 g/mol. The van der Waals surface area contributed by atoms with Crippen LogP contribution in [0, 0.1) is 0 Å². The first-order chi connectivity index (χ1) is 12.5. The SMILES string of the molecule is CC[C@@](O)(c1ccc(Cl)cc1)[C@H](CN1CCOCC1)c1ccc(Cl)cc1. The van der Waals surface area contributed by atoms with Crippen LogP contribution in [0.1, 0.15) is 30.4 Å². The standard InChI is InChI=1S/C21H25Cl2NO2/c1-2-21(25,17-5-9-19(23)10-6-17)20(15-24-11-13-26-14-12-24)16-3-7-18(22)8-4-16/h3-10,20,25H,2,11-15H2,1H3/t20-,21-/m1/s1. The maximum absolute atomic E-state index is 11.8. The van der Waals surface area contributed by atoms with Gasteiger partial charge in [0, 0.05) is 35.6 Å². The van der Waals surface area contributed by atoms with Crippen molar-refractivity contribution in [1.82, 2.24) is 4.90 Å². The minimum Gasteiger partial charge on any atom is -0.384 e. The van der Waals surface area contributed by atoms with E-state index in [1.54, 1.807) is 0 Å². The third kappa shape index (κ3) is 4.41. The first kappa shape index (κ1) is 19.7. The van der Waals surface area contributed by atoms with Crippen molar-refractivity contribution in [3.05, 3.63) is 69.7 Å². The Morgan fingerprint density at radius 1 is 1.00 bits per heavy atom. The second-order valence-electron chi connectivity index (χ2n) is 6.80. The van der Waals surface area contributed by atoms with Crippen molar-refractivity contribution in [2.24, 2.45) is 0 Å². The summed E-state index contributed by atoms with van der Waals surface area (Å²) in [5, 5.41) is 13.1. The molecule has 0 aliphatic carbocycles. The Bertz CT molecular complexity index is 699. The first-order valence-electron chi connectivity index (χ1n) is 9.07. The van der Waals surface area contributed by atoms with Gasteiger partial charge in [-0.25, -0.2) is 0 Å². The van der Waals surface area contributed by atoms with E-state index in [0.717, 1.165) is 44.0 Å². The molecule has 0 unspecified atom stereocenters. The summed E-state index contributed by atoms with van der Waals surface area (Å²) >= 11 is 12.1. The Morgan fingerprint density at radius 3 is 2.08 bits per heavy atom. The van der Waals surface area contributed by atoms with E-state index in [1.165, 1.54) is 0 Å². The molecule has 1 fully saturated rings. The summed E-state index contributed by atoms with van der Waals surface area (Å²) in [6.45, 7) is 6.02. The van der Waals surface area contributed by atoms with Gasteiger partial charge in [0.2, 0.25) is 0 Å². The Kier molecular flexibility index (Phi) is 6.60. The molecule has 26 heavy (non-hydrogen) atoms. The minimum atomic E-state index is -0.989. The number of ether oxygens (including phenoxy) is 1. The van der Waals surface area contributed by atoms with Crippen LogP contribution in [0.15, 0.2) is 48.5 Å². The molecule has 1 heterocycles. The fraction of sp³-hybridized carbons (Fsp3) is 0.429. The zero-order valence-corrected chi connectivity index (χ0v) is 16.5. The normalized spacial score (nSPS) is 19.1. The molecule has 0 bridgehead atoms. The van der Waals surface area contributed by atoms with Gasteiger partial charge in [0.1, 0.15) is 0 Å². The molecule has 1 N–H and O–H groups in total. The van der Waals surface area contributed by atoms with Gasteiger partial charge in [0.25, 0.3) is 0 Å². The Labute approximate surface area is 165 Å². The number of nitrogens with zero attached hydrogens (tertiary/aromatic N) is 1. The summed E-state index contributed by atoms with van der Waals surface area (Å²) in [7, 11) is 0. The summed E-state index contributed by atoms with van der Waals surface area (Å²) < 4.78 is 5.48. The van der Waals surface area contributed by atoms with Crippen molar-refractivity contribution in [3.63, 3.8) is 0 Å². The molecule has 2 aromatic carbocycles. The number of rotatable bonds is 6. The molecule has 1 aliphatic rings. The molecule has 2 atom stereocenters. The lowest BCUT2D eigenvalue weighted by Crippen LogP contribution is -2.44. The lowest BCUT2D eigenvalue weighted by molar-refractivity contribution is -0.0250. The van der Waals surface area contributed by atoms with E-state index < -0.39 is 5.60 Å². The van der Waals surface area contributed by atoms with E-state index in [9.17, 15) is 5.11 Å². The topological polar surface area (TPSA) is 32.7 Å². The Morgan fingerprint density at radius 2 is 1.54 bits per heavy atom. The van der Waals surface area contributed by atoms with Crippen molar-refractivity contribution in [2.75, 3.05) is 32.8 Å². The average molecular weight is 394 g/mol. The molecule has 1 saturated heterocycles. The summed E-state index contributed by atoms with van der Waals surface area (Å²) in [5.74, 6) is -0.0796. The van der Waals surface area contributed by atoms with Gasteiger partial charge in [0.05, 0.1) is 18.8 Å². The molecule has 3 nitrogen and oxygen atoms in total. The second-order valence-corrected chi connectivity index (χ2v) is 7.67. The molecule has 5 heteroatoms. The van der Waals surface area contributed by atoms with Crippen LogP contribution in [-0.2, 0) is 10.3 Å². The van der Waals surface area contributed by atoms with Crippen LogP contribution in [0.2, 0.25) is 10.0 Å². The predicted octanol–water partition coefficient (Wildman–Crippen LogP) is 4.71. The monoisotopic (exact) mass is 393 g/mol. The van der Waals surface area contributed by atoms with E-state index in [-0.39, 0.29) is 5.92 Å². The third-order valence-electron chi connectivity index (χ3n) is 5.28. The van der Waals surface area contributed by atoms with Crippen molar-refractivity contribution in [3.8, 4) is 0 Å². The van der Waals surface area contributed by atoms with Gasteiger partial charge in [-0.1, -0.05) is 54.4 Å². The van der Waals surface area contributed by atoms with Crippen LogP contribution in [0.3, 0.4) is 0 Å². The van der Waals surface area contributed by atoms with Gasteiger partial charge in [0.15, 0.2) is 0 Å². The van der Waals surface area contributed by atoms with Crippen LogP contribution in [0.4, 0.5) is 0 Å². The van der Waals surface area contributed by atoms with Crippen molar-refractivity contribution in [2.45, 2.75) is 24.9 Å². The van der Waals surface area contributed by atoms with Crippen LogP contribution >= 0.6 is 23.2 Å². The van der Waals surface area contributed by atoms with E-state index in [2.05, 4.69) is 4.90 Å². The molecular formula is C21H25Cl2NO2. The highest BCUT2D eigenvalue weighted by atomic mass is 35.5. The lowest BCUT2D eigenvalue weighted by atomic mass is 9.75. The Hall–Kier alpha value is -1.10. The van der Waals surface area contributed by atoms with Crippen LogP contribution in [0.25, 0.3) is 0 Å². The number of hydrogen-bond donors (Lipinski definition) is 1. The quantitative estimate of drug-likeness (QED) is 0.771. The second kappa shape index (κ2) is 8.73. The molecule has 3 rings (SSSR count). The lowest BCUT2D eigenvalue weighted by Gasteiger charge is -2.40. The average Bonchev–Trinajstić information content (AvgIpc) is 2.68. The predicted molar refractivity (Wildman–Crippen MR) is 107 cm³/mol. The van der Waals surface area contributed by atoms with Gasteiger partial charge in [-0.2, -0.15) is 0 Å². The zero-order chi connectivity index (χ0) is 18.6. The number of morpholine rings is 1. The van der Waals surface area contributed by atoms with Gasteiger partial charge < -0.3 is 9.84 Å². The highest BCUT2D eigenvalue weighted by molar-refractivity contribution is 6.30. The van der Waals surface area contributed by atoms with E-state index >= 15 is 0 Å². The highest BCUT2D eigenvalue weighted by Crippen LogP contribution is 2.41. The summed E-state index contributed by atoms with van der Waals surface area (Å²) in [6.07, 6.45) is 0.603. The third-order valence-corrected chi connectivity index (χ3v) is 5.78. The summed E-state index contributed by atoms with van der Waals surface area (Å²) in [5.41, 5.74) is 0.981. The van der Waals surface area contributed by atoms with Crippen molar-refractivity contribution < 1.29 is 9.84 Å².